The second-order valence-corrected chi connectivity index (χ2v) is 3.91. The lowest BCUT2D eigenvalue weighted by molar-refractivity contribution is -0.140. The third-order valence-corrected chi connectivity index (χ3v) is 2.58. The van der Waals surface area contributed by atoms with Gasteiger partial charge in [0.25, 0.3) is 0 Å². The van der Waals surface area contributed by atoms with Crippen molar-refractivity contribution in [2.45, 2.75) is 25.8 Å². The molecule has 1 aromatic rings. The highest BCUT2D eigenvalue weighted by molar-refractivity contribution is 5.69. The predicted molar refractivity (Wildman–Crippen MR) is 64.1 cm³/mol. The Morgan fingerprint density at radius 1 is 1.53 bits per heavy atom. The first-order valence-corrected chi connectivity index (χ1v) is 5.69. The topological polar surface area (TPSA) is 38.3 Å². The van der Waals surface area contributed by atoms with E-state index in [0.29, 0.717) is 19.4 Å². The van der Waals surface area contributed by atoms with Crippen LogP contribution in [0.25, 0.3) is 0 Å². The molecule has 1 rings (SSSR count). The van der Waals surface area contributed by atoms with Crippen LogP contribution in [0.3, 0.4) is 0 Å². The summed E-state index contributed by atoms with van der Waals surface area (Å²) >= 11 is 0. The van der Waals surface area contributed by atoms with Gasteiger partial charge in [-0.05, 0) is 37.6 Å². The zero-order valence-corrected chi connectivity index (χ0v) is 10.2. The molecular weight excluding hydrogens is 221 g/mol. The van der Waals surface area contributed by atoms with Crippen LogP contribution in [0.2, 0.25) is 0 Å². The highest BCUT2D eigenvalue weighted by Crippen LogP contribution is 2.13. The van der Waals surface area contributed by atoms with Gasteiger partial charge in [-0.15, -0.1) is 0 Å². The number of ether oxygens (including phenoxy) is 1. The average molecular weight is 239 g/mol. The summed E-state index contributed by atoms with van der Waals surface area (Å²) in [4.78, 5) is 10.9. The number of rotatable bonds is 6. The van der Waals surface area contributed by atoms with Crippen molar-refractivity contribution in [3.05, 3.63) is 35.6 Å². The monoisotopic (exact) mass is 239 g/mol. The van der Waals surface area contributed by atoms with Gasteiger partial charge >= 0.3 is 5.97 Å². The van der Waals surface area contributed by atoms with Gasteiger partial charge in [-0.3, -0.25) is 4.79 Å². The third-order valence-electron chi connectivity index (χ3n) is 2.58. The summed E-state index contributed by atoms with van der Waals surface area (Å²) in [6.07, 6.45) is 1.12. The first-order chi connectivity index (χ1) is 8.13. The van der Waals surface area contributed by atoms with Crippen molar-refractivity contribution in [3.63, 3.8) is 0 Å². The summed E-state index contributed by atoms with van der Waals surface area (Å²) in [5, 5.41) is 3.23. The molecule has 0 aliphatic heterocycles. The second-order valence-electron chi connectivity index (χ2n) is 3.91. The van der Waals surface area contributed by atoms with Gasteiger partial charge < -0.3 is 10.1 Å². The zero-order chi connectivity index (χ0) is 12.7. The summed E-state index contributed by atoms with van der Waals surface area (Å²) in [5.74, 6) is -0.434. The molecule has 0 spiro atoms. The van der Waals surface area contributed by atoms with E-state index in [1.165, 1.54) is 19.2 Å². The Morgan fingerprint density at radius 3 is 2.94 bits per heavy atom. The fourth-order valence-corrected chi connectivity index (χ4v) is 1.55. The van der Waals surface area contributed by atoms with Crippen LogP contribution in [0.1, 0.15) is 31.4 Å². The van der Waals surface area contributed by atoms with Crippen molar-refractivity contribution in [1.82, 2.24) is 5.32 Å². The molecule has 1 unspecified atom stereocenters. The van der Waals surface area contributed by atoms with Crippen LogP contribution in [0.5, 0.6) is 0 Å². The van der Waals surface area contributed by atoms with Gasteiger partial charge in [-0.2, -0.15) is 0 Å². The Hall–Kier alpha value is -1.42. The Morgan fingerprint density at radius 2 is 2.29 bits per heavy atom. The summed E-state index contributed by atoms with van der Waals surface area (Å²) in [6.45, 7) is 2.67. The standard InChI is InChI=1S/C13H18FNO2/c1-10(11-5-3-6-12(14)9-11)15-8-4-7-13(16)17-2/h3,5-6,9-10,15H,4,7-8H2,1-2H3. The maximum absolute atomic E-state index is 13.0. The molecule has 0 heterocycles. The molecule has 17 heavy (non-hydrogen) atoms. The molecule has 0 aromatic heterocycles. The number of carbonyl (C=O) groups excluding carboxylic acids is 1. The zero-order valence-electron chi connectivity index (χ0n) is 10.2. The van der Waals surface area contributed by atoms with Gasteiger partial charge in [0, 0.05) is 12.5 Å². The summed E-state index contributed by atoms with van der Waals surface area (Å²) in [5.41, 5.74) is 0.906. The molecule has 0 aliphatic carbocycles. The molecule has 0 radical (unpaired) electrons. The number of esters is 1. The van der Waals surface area contributed by atoms with Crippen molar-refractivity contribution < 1.29 is 13.9 Å². The van der Waals surface area contributed by atoms with Gasteiger partial charge in [0.1, 0.15) is 5.82 Å². The van der Waals surface area contributed by atoms with Gasteiger partial charge in [-0.25, -0.2) is 4.39 Å². The van der Waals surface area contributed by atoms with Crippen LogP contribution in [0, 0.1) is 5.82 Å². The lowest BCUT2D eigenvalue weighted by Crippen LogP contribution is -2.20. The molecule has 4 heteroatoms. The lowest BCUT2D eigenvalue weighted by atomic mass is 10.1. The molecule has 0 fully saturated rings. The molecule has 0 saturated heterocycles. The molecule has 0 bridgehead atoms. The number of carbonyl (C=O) groups is 1. The minimum atomic E-state index is -0.231. The highest BCUT2D eigenvalue weighted by atomic mass is 19.1. The first-order valence-electron chi connectivity index (χ1n) is 5.69. The van der Waals surface area contributed by atoms with Crippen LogP contribution in [0.15, 0.2) is 24.3 Å². The van der Waals surface area contributed by atoms with Crippen LogP contribution in [-0.2, 0) is 9.53 Å². The molecule has 0 aliphatic rings. The molecule has 94 valence electrons. The van der Waals surface area contributed by atoms with E-state index in [9.17, 15) is 9.18 Å². The highest BCUT2D eigenvalue weighted by Gasteiger charge is 2.06. The van der Waals surface area contributed by atoms with E-state index in [1.807, 2.05) is 13.0 Å². The summed E-state index contributed by atoms with van der Waals surface area (Å²) in [7, 11) is 1.38. The second kappa shape index (κ2) is 7.01. The fraction of sp³-hybridized carbons (Fsp3) is 0.462. The van der Waals surface area contributed by atoms with Crippen molar-refractivity contribution in [2.24, 2.45) is 0 Å². The number of hydrogen-bond donors (Lipinski definition) is 1. The Balaban J connectivity index is 2.30. The normalized spacial score (nSPS) is 12.2. The van der Waals surface area contributed by atoms with Gasteiger partial charge in [0.15, 0.2) is 0 Å². The van der Waals surface area contributed by atoms with E-state index < -0.39 is 0 Å². The first kappa shape index (κ1) is 13.6. The van der Waals surface area contributed by atoms with Crippen LogP contribution in [-0.4, -0.2) is 19.6 Å². The van der Waals surface area contributed by atoms with E-state index in [4.69, 9.17) is 0 Å². The number of hydrogen-bond acceptors (Lipinski definition) is 3. The van der Waals surface area contributed by atoms with Crippen LogP contribution >= 0.6 is 0 Å². The summed E-state index contributed by atoms with van der Waals surface area (Å²) in [6, 6.07) is 6.58. The molecule has 0 amide bonds. The van der Waals surface area contributed by atoms with Crippen molar-refractivity contribution >= 4 is 5.97 Å². The fourth-order valence-electron chi connectivity index (χ4n) is 1.55. The number of benzene rings is 1. The molecule has 0 saturated carbocycles. The van der Waals surface area contributed by atoms with Gasteiger partial charge in [-0.1, -0.05) is 12.1 Å². The predicted octanol–water partition coefficient (Wildman–Crippen LogP) is 2.43. The van der Waals surface area contributed by atoms with E-state index in [0.717, 1.165) is 5.56 Å². The van der Waals surface area contributed by atoms with Crippen molar-refractivity contribution in [2.75, 3.05) is 13.7 Å². The molecule has 1 N–H and O–H groups in total. The van der Waals surface area contributed by atoms with Crippen molar-refractivity contribution in [1.29, 1.82) is 0 Å². The van der Waals surface area contributed by atoms with E-state index in [-0.39, 0.29) is 17.8 Å². The SMILES string of the molecule is COC(=O)CCCNC(C)c1cccc(F)c1. The molecule has 1 aromatic carbocycles. The van der Waals surface area contributed by atoms with Crippen molar-refractivity contribution in [3.8, 4) is 0 Å². The van der Waals surface area contributed by atoms with E-state index in [1.54, 1.807) is 6.07 Å². The Bertz CT molecular complexity index is 368. The van der Waals surface area contributed by atoms with Gasteiger partial charge in [0.05, 0.1) is 7.11 Å². The number of halogens is 1. The third kappa shape index (κ3) is 4.95. The molecule has 1 atom stereocenters. The maximum Gasteiger partial charge on any atom is 0.305 e. The minimum absolute atomic E-state index is 0.0725. The largest absolute Gasteiger partial charge is 0.469 e. The number of methoxy groups -OCH3 is 1. The Kier molecular flexibility index (Phi) is 5.63. The quantitative estimate of drug-likeness (QED) is 0.612. The molecular formula is C13H18FNO2. The summed E-state index contributed by atoms with van der Waals surface area (Å²) < 4.78 is 17.5. The lowest BCUT2D eigenvalue weighted by Gasteiger charge is -2.13. The Labute approximate surface area is 101 Å². The minimum Gasteiger partial charge on any atom is -0.469 e. The smallest absolute Gasteiger partial charge is 0.305 e. The number of nitrogens with one attached hydrogen (secondary N) is 1. The average Bonchev–Trinajstić information content (AvgIpc) is 2.34. The van der Waals surface area contributed by atoms with Gasteiger partial charge in [0.2, 0.25) is 0 Å². The van der Waals surface area contributed by atoms with E-state index in [2.05, 4.69) is 10.1 Å². The van der Waals surface area contributed by atoms with Crippen LogP contribution in [0.4, 0.5) is 4.39 Å². The van der Waals surface area contributed by atoms with E-state index >= 15 is 0 Å². The molecule has 3 nitrogen and oxygen atoms in total. The van der Waals surface area contributed by atoms with Crippen LogP contribution < -0.4 is 5.32 Å². The maximum atomic E-state index is 13.0.